The lowest BCUT2D eigenvalue weighted by Gasteiger charge is -2.34. The van der Waals surface area contributed by atoms with Gasteiger partial charge in [-0.3, -0.25) is 9.69 Å². The Balaban J connectivity index is 1.57. The van der Waals surface area contributed by atoms with Gasteiger partial charge in [-0.1, -0.05) is 0 Å². The summed E-state index contributed by atoms with van der Waals surface area (Å²) in [6.07, 6.45) is 3.32. The molecule has 1 heterocycles. The zero-order valence-corrected chi connectivity index (χ0v) is 17.6. The molecule has 1 fully saturated rings. The van der Waals surface area contributed by atoms with Crippen molar-refractivity contribution < 1.29 is 23.4 Å². The zero-order valence-electron chi connectivity index (χ0n) is 17.6. The van der Waals surface area contributed by atoms with E-state index in [2.05, 4.69) is 4.90 Å². The summed E-state index contributed by atoms with van der Waals surface area (Å²) in [6.45, 7) is 3.24. The summed E-state index contributed by atoms with van der Waals surface area (Å²) in [4.78, 5) is 16.6. The molecule has 6 nitrogen and oxygen atoms in total. The first-order chi connectivity index (χ1) is 14.5. The number of piperazine rings is 1. The minimum absolute atomic E-state index is 0.0455. The molecule has 0 spiro atoms. The quantitative estimate of drug-likeness (QED) is 0.652. The van der Waals surface area contributed by atoms with Gasteiger partial charge in [-0.05, 0) is 36.4 Å². The first kappa shape index (κ1) is 21.6. The van der Waals surface area contributed by atoms with Crippen LogP contribution in [0, 0.1) is 5.82 Å². The van der Waals surface area contributed by atoms with Crippen LogP contribution in [0.2, 0.25) is 0 Å². The molecule has 3 rings (SSSR count). The van der Waals surface area contributed by atoms with E-state index in [1.807, 2.05) is 17.0 Å². The Kier molecular flexibility index (Phi) is 7.30. The summed E-state index contributed by atoms with van der Waals surface area (Å²) in [5.41, 5.74) is 1.62. The van der Waals surface area contributed by atoms with Gasteiger partial charge in [-0.15, -0.1) is 0 Å². The Morgan fingerprint density at radius 1 is 0.967 bits per heavy atom. The molecule has 0 aromatic heterocycles. The Hall–Kier alpha value is -3.06. The number of halogens is 1. The molecule has 0 N–H and O–H groups in total. The van der Waals surface area contributed by atoms with Crippen LogP contribution in [0.1, 0.15) is 11.1 Å². The van der Waals surface area contributed by atoms with E-state index in [9.17, 15) is 9.18 Å². The first-order valence-electron chi connectivity index (χ1n) is 9.78. The van der Waals surface area contributed by atoms with Crippen molar-refractivity contribution in [1.82, 2.24) is 9.80 Å². The largest absolute Gasteiger partial charge is 0.497 e. The van der Waals surface area contributed by atoms with E-state index in [1.54, 1.807) is 45.6 Å². The lowest BCUT2D eigenvalue weighted by molar-refractivity contribution is -0.127. The number of rotatable bonds is 7. The number of hydrogen-bond donors (Lipinski definition) is 0. The van der Waals surface area contributed by atoms with Crippen LogP contribution in [-0.4, -0.2) is 63.2 Å². The number of nitrogens with zero attached hydrogens (tertiary/aromatic N) is 2. The standard InChI is InChI=1S/C23H27FN2O4/c1-28-20-7-4-17(22(15-20)30-3)5-9-23(27)26-12-10-25(11-13-26)16-18-14-19(24)6-8-21(18)29-2/h4-9,14-15H,10-13,16H2,1-3H3/b9-5+. The van der Waals surface area contributed by atoms with E-state index >= 15 is 0 Å². The molecule has 7 heteroatoms. The molecule has 0 bridgehead atoms. The van der Waals surface area contributed by atoms with Gasteiger partial charge >= 0.3 is 0 Å². The van der Waals surface area contributed by atoms with Gasteiger partial charge in [-0.2, -0.15) is 0 Å². The predicted octanol–water partition coefficient (Wildman–Crippen LogP) is 3.21. The fourth-order valence-corrected chi connectivity index (χ4v) is 3.46. The van der Waals surface area contributed by atoms with E-state index < -0.39 is 0 Å². The van der Waals surface area contributed by atoms with Crippen LogP contribution in [0.3, 0.4) is 0 Å². The fraction of sp³-hybridized carbons (Fsp3) is 0.348. The Labute approximate surface area is 176 Å². The van der Waals surface area contributed by atoms with Crippen molar-refractivity contribution in [2.45, 2.75) is 6.54 Å². The van der Waals surface area contributed by atoms with E-state index in [0.29, 0.717) is 50.0 Å². The van der Waals surface area contributed by atoms with Crippen LogP contribution < -0.4 is 14.2 Å². The van der Waals surface area contributed by atoms with E-state index in [0.717, 1.165) is 11.1 Å². The highest BCUT2D eigenvalue weighted by molar-refractivity contribution is 5.92. The minimum Gasteiger partial charge on any atom is -0.497 e. The Morgan fingerprint density at radius 3 is 2.37 bits per heavy atom. The molecule has 1 amide bonds. The predicted molar refractivity (Wildman–Crippen MR) is 113 cm³/mol. The third kappa shape index (κ3) is 5.30. The van der Waals surface area contributed by atoms with Gasteiger partial charge < -0.3 is 19.1 Å². The van der Waals surface area contributed by atoms with Crippen molar-refractivity contribution >= 4 is 12.0 Å². The monoisotopic (exact) mass is 414 g/mol. The van der Waals surface area contributed by atoms with Crippen LogP contribution in [0.15, 0.2) is 42.5 Å². The molecule has 30 heavy (non-hydrogen) atoms. The summed E-state index contributed by atoms with van der Waals surface area (Å²) in [5, 5.41) is 0. The number of carbonyl (C=O) groups is 1. The Bertz CT molecular complexity index is 908. The lowest BCUT2D eigenvalue weighted by Crippen LogP contribution is -2.47. The van der Waals surface area contributed by atoms with Crippen LogP contribution in [0.4, 0.5) is 4.39 Å². The molecule has 0 aliphatic carbocycles. The van der Waals surface area contributed by atoms with Crippen LogP contribution in [0.5, 0.6) is 17.2 Å². The summed E-state index contributed by atoms with van der Waals surface area (Å²) in [7, 11) is 4.76. The molecule has 1 saturated heterocycles. The van der Waals surface area contributed by atoms with Gasteiger partial charge in [0.05, 0.1) is 21.3 Å². The molecule has 160 valence electrons. The molecule has 0 unspecified atom stereocenters. The normalized spacial score (nSPS) is 14.7. The van der Waals surface area contributed by atoms with Crippen LogP contribution in [0.25, 0.3) is 6.08 Å². The number of amides is 1. The minimum atomic E-state index is -0.279. The van der Waals surface area contributed by atoms with Crippen molar-refractivity contribution in [1.29, 1.82) is 0 Å². The van der Waals surface area contributed by atoms with Crippen molar-refractivity contribution in [3.05, 3.63) is 59.4 Å². The third-order valence-corrected chi connectivity index (χ3v) is 5.17. The number of ether oxygens (including phenoxy) is 3. The molecule has 1 aliphatic heterocycles. The van der Waals surface area contributed by atoms with Gasteiger partial charge in [0.15, 0.2) is 0 Å². The molecule has 1 aliphatic rings. The lowest BCUT2D eigenvalue weighted by atomic mass is 10.1. The number of hydrogen-bond acceptors (Lipinski definition) is 5. The van der Waals surface area contributed by atoms with Crippen molar-refractivity contribution in [3.63, 3.8) is 0 Å². The Morgan fingerprint density at radius 2 is 1.70 bits per heavy atom. The SMILES string of the molecule is COc1ccc(/C=C/C(=O)N2CCN(Cc3cc(F)ccc3OC)CC2)c(OC)c1. The molecule has 0 saturated carbocycles. The molecular weight excluding hydrogens is 387 g/mol. The topological polar surface area (TPSA) is 51.2 Å². The average Bonchev–Trinajstić information content (AvgIpc) is 2.78. The number of benzene rings is 2. The fourth-order valence-electron chi connectivity index (χ4n) is 3.46. The summed E-state index contributed by atoms with van der Waals surface area (Å²) < 4.78 is 29.5. The van der Waals surface area contributed by atoms with Gasteiger partial charge in [-0.25, -0.2) is 4.39 Å². The van der Waals surface area contributed by atoms with Crippen molar-refractivity contribution in [3.8, 4) is 17.2 Å². The highest BCUT2D eigenvalue weighted by atomic mass is 19.1. The van der Waals surface area contributed by atoms with Gasteiger partial charge in [0.2, 0.25) is 5.91 Å². The van der Waals surface area contributed by atoms with Crippen molar-refractivity contribution in [2.75, 3.05) is 47.5 Å². The van der Waals surface area contributed by atoms with E-state index in [-0.39, 0.29) is 11.7 Å². The molecule has 2 aromatic rings. The van der Waals surface area contributed by atoms with Crippen LogP contribution >= 0.6 is 0 Å². The van der Waals surface area contributed by atoms with Gasteiger partial charge in [0.1, 0.15) is 23.1 Å². The maximum Gasteiger partial charge on any atom is 0.246 e. The van der Waals surface area contributed by atoms with Gasteiger partial charge in [0.25, 0.3) is 0 Å². The second-order valence-corrected chi connectivity index (χ2v) is 7.00. The highest BCUT2D eigenvalue weighted by Crippen LogP contribution is 2.26. The number of carbonyl (C=O) groups excluding carboxylic acids is 1. The summed E-state index contributed by atoms with van der Waals surface area (Å²) >= 11 is 0. The van der Waals surface area contributed by atoms with Crippen LogP contribution in [-0.2, 0) is 11.3 Å². The molecule has 0 atom stereocenters. The van der Waals surface area contributed by atoms with E-state index in [4.69, 9.17) is 14.2 Å². The first-order valence-corrected chi connectivity index (χ1v) is 9.78. The summed E-state index contributed by atoms with van der Waals surface area (Å²) in [5.74, 6) is 1.69. The third-order valence-electron chi connectivity index (χ3n) is 5.17. The number of methoxy groups -OCH3 is 3. The van der Waals surface area contributed by atoms with Crippen molar-refractivity contribution in [2.24, 2.45) is 0 Å². The summed E-state index contributed by atoms with van der Waals surface area (Å²) in [6, 6.07) is 9.99. The molecule has 2 aromatic carbocycles. The molecule has 0 radical (unpaired) electrons. The second kappa shape index (κ2) is 10.1. The second-order valence-electron chi connectivity index (χ2n) is 7.00. The van der Waals surface area contributed by atoms with Gasteiger partial charge in [0, 0.05) is 56.0 Å². The highest BCUT2D eigenvalue weighted by Gasteiger charge is 2.21. The van der Waals surface area contributed by atoms with E-state index in [1.165, 1.54) is 12.1 Å². The average molecular weight is 414 g/mol. The molecular formula is C23H27FN2O4. The maximum atomic E-state index is 13.6. The zero-order chi connectivity index (χ0) is 21.5. The maximum absolute atomic E-state index is 13.6. The smallest absolute Gasteiger partial charge is 0.246 e.